The molecule has 0 bridgehead atoms. The van der Waals surface area contributed by atoms with E-state index in [1.807, 2.05) is 0 Å². The summed E-state index contributed by atoms with van der Waals surface area (Å²) < 4.78 is 36.1. The molecular formula is C7H3F3N2O. The third kappa shape index (κ3) is 1.69. The second-order valence-corrected chi connectivity index (χ2v) is 2.17. The van der Waals surface area contributed by atoms with E-state index in [2.05, 4.69) is 4.98 Å². The molecule has 0 aliphatic carbocycles. The smallest absolute Gasteiger partial charge is 0.437 e. The van der Waals surface area contributed by atoms with E-state index in [9.17, 15) is 13.2 Å². The molecule has 3 nitrogen and oxygen atoms in total. The summed E-state index contributed by atoms with van der Waals surface area (Å²) in [6.07, 6.45) is -3.92. The molecule has 0 saturated carbocycles. The van der Waals surface area contributed by atoms with Crippen LogP contribution in [0.15, 0.2) is 12.3 Å². The number of pyridine rings is 1. The van der Waals surface area contributed by atoms with Crippen molar-refractivity contribution in [3.63, 3.8) is 0 Å². The van der Waals surface area contributed by atoms with Crippen LogP contribution in [0, 0.1) is 11.3 Å². The standard InChI is InChI=1S/C7H3F3N2O/c8-7(9,10)6-5(13)4(3-11)1-2-12-6/h1-2,13H. The maximum atomic E-state index is 12.0. The zero-order valence-corrected chi connectivity index (χ0v) is 6.13. The van der Waals surface area contributed by atoms with Crippen LogP contribution < -0.4 is 0 Å². The SMILES string of the molecule is N#Cc1ccnc(C(F)(F)F)c1O. The molecule has 1 rings (SSSR count). The fourth-order valence-corrected chi connectivity index (χ4v) is 0.752. The van der Waals surface area contributed by atoms with Gasteiger partial charge >= 0.3 is 6.18 Å². The van der Waals surface area contributed by atoms with Gasteiger partial charge in [0.25, 0.3) is 0 Å². The van der Waals surface area contributed by atoms with E-state index in [1.54, 1.807) is 0 Å². The fraction of sp³-hybridized carbons (Fsp3) is 0.143. The van der Waals surface area contributed by atoms with Crippen molar-refractivity contribution >= 4 is 0 Å². The largest absolute Gasteiger partial charge is 0.504 e. The second-order valence-electron chi connectivity index (χ2n) is 2.17. The van der Waals surface area contributed by atoms with Gasteiger partial charge in [-0.05, 0) is 6.07 Å². The van der Waals surface area contributed by atoms with E-state index >= 15 is 0 Å². The molecule has 1 heterocycles. The maximum Gasteiger partial charge on any atom is 0.437 e. The minimum absolute atomic E-state index is 0.442. The van der Waals surface area contributed by atoms with Gasteiger partial charge in [0.05, 0.1) is 5.56 Å². The number of halogens is 3. The lowest BCUT2D eigenvalue weighted by atomic mass is 10.2. The zero-order chi connectivity index (χ0) is 10.1. The van der Waals surface area contributed by atoms with Crippen LogP contribution in [0.2, 0.25) is 0 Å². The minimum Gasteiger partial charge on any atom is -0.504 e. The van der Waals surface area contributed by atoms with Crippen LogP contribution in [0.25, 0.3) is 0 Å². The third-order valence-electron chi connectivity index (χ3n) is 1.31. The van der Waals surface area contributed by atoms with Crippen LogP contribution >= 0.6 is 0 Å². The number of nitriles is 1. The predicted molar refractivity (Wildman–Crippen MR) is 35.6 cm³/mol. The Balaban J connectivity index is 3.34. The quantitative estimate of drug-likeness (QED) is 0.673. The predicted octanol–water partition coefficient (Wildman–Crippen LogP) is 1.68. The molecule has 0 radical (unpaired) electrons. The fourth-order valence-electron chi connectivity index (χ4n) is 0.752. The van der Waals surface area contributed by atoms with E-state index in [4.69, 9.17) is 10.4 Å². The van der Waals surface area contributed by atoms with Crippen LogP contribution in [0.1, 0.15) is 11.3 Å². The number of aromatic hydroxyl groups is 1. The molecule has 0 aromatic carbocycles. The van der Waals surface area contributed by atoms with E-state index in [-0.39, 0.29) is 0 Å². The summed E-state index contributed by atoms with van der Waals surface area (Å²) in [7, 11) is 0. The average molecular weight is 188 g/mol. The van der Waals surface area contributed by atoms with Gasteiger partial charge in [-0.2, -0.15) is 18.4 Å². The Bertz CT molecular complexity index is 367. The number of hydrogen-bond acceptors (Lipinski definition) is 3. The van der Waals surface area contributed by atoms with E-state index in [0.717, 1.165) is 12.3 Å². The molecule has 0 saturated heterocycles. The van der Waals surface area contributed by atoms with Crippen molar-refractivity contribution in [1.82, 2.24) is 4.98 Å². The monoisotopic (exact) mass is 188 g/mol. The molecule has 0 aliphatic rings. The summed E-state index contributed by atoms with van der Waals surface area (Å²) >= 11 is 0. The zero-order valence-electron chi connectivity index (χ0n) is 6.13. The van der Waals surface area contributed by atoms with Crippen LogP contribution in [0.5, 0.6) is 5.75 Å². The van der Waals surface area contributed by atoms with Crippen molar-refractivity contribution < 1.29 is 18.3 Å². The lowest BCUT2D eigenvalue weighted by Gasteiger charge is -2.07. The highest BCUT2D eigenvalue weighted by Crippen LogP contribution is 2.35. The first kappa shape index (κ1) is 9.32. The Morgan fingerprint density at radius 3 is 2.54 bits per heavy atom. The van der Waals surface area contributed by atoms with E-state index in [0.29, 0.717) is 0 Å². The Labute approximate surface area is 71.1 Å². The number of rotatable bonds is 0. The molecule has 0 unspecified atom stereocenters. The Morgan fingerprint density at radius 2 is 2.08 bits per heavy atom. The molecule has 6 heteroatoms. The van der Waals surface area contributed by atoms with Gasteiger partial charge in [0, 0.05) is 6.20 Å². The Morgan fingerprint density at radius 1 is 1.46 bits per heavy atom. The minimum atomic E-state index is -4.74. The van der Waals surface area contributed by atoms with E-state index < -0.39 is 23.2 Å². The molecule has 0 fully saturated rings. The van der Waals surface area contributed by atoms with Crippen molar-refractivity contribution in [2.45, 2.75) is 6.18 Å². The van der Waals surface area contributed by atoms with Crippen molar-refractivity contribution in [3.8, 4) is 11.8 Å². The summed E-state index contributed by atoms with van der Waals surface area (Å²) in [6, 6.07) is 2.42. The first-order valence-corrected chi connectivity index (χ1v) is 3.12. The molecule has 1 aromatic heterocycles. The van der Waals surface area contributed by atoms with Crippen molar-refractivity contribution in [3.05, 3.63) is 23.5 Å². The van der Waals surface area contributed by atoms with Gasteiger partial charge in [0.1, 0.15) is 6.07 Å². The van der Waals surface area contributed by atoms with Crippen LogP contribution in [-0.4, -0.2) is 10.1 Å². The van der Waals surface area contributed by atoms with Crippen LogP contribution in [-0.2, 0) is 6.18 Å². The van der Waals surface area contributed by atoms with Gasteiger partial charge in [0.2, 0.25) is 0 Å². The average Bonchev–Trinajstić information content (AvgIpc) is 2.02. The molecule has 1 N–H and O–H groups in total. The van der Waals surface area contributed by atoms with Gasteiger partial charge in [-0.25, -0.2) is 4.98 Å². The summed E-state index contributed by atoms with van der Waals surface area (Å²) in [5.41, 5.74) is -1.88. The molecule has 68 valence electrons. The normalized spacial score (nSPS) is 10.9. The number of alkyl halides is 3. The van der Waals surface area contributed by atoms with Gasteiger partial charge in [-0.3, -0.25) is 0 Å². The van der Waals surface area contributed by atoms with Crippen molar-refractivity contribution in [2.75, 3.05) is 0 Å². The molecular weight excluding hydrogens is 185 g/mol. The summed E-state index contributed by atoms with van der Waals surface area (Å²) in [5, 5.41) is 17.2. The van der Waals surface area contributed by atoms with Crippen molar-refractivity contribution in [2.24, 2.45) is 0 Å². The Hall–Kier alpha value is -1.77. The topological polar surface area (TPSA) is 56.9 Å². The Kier molecular flexibility index (Phi) is 2.10. The van der Waals surface area contributed by atoms with Crippen LogP contribution in [0.3, 0.4) is 0 Å². The molecule has 1 aromatic rings. The summed E-state index contributed by atoms with van der Waals surface area (Å²) in [6.45, 7) is 0. The highest BCUT2D eigenvalue weighted by molar-refractivity contribution is 5.44. The van der Waals surface area contributed by atoms with Crippen molar-refractivity contribution in [1.29, 1.82) is 5.26 Å². The van der Waals surface area contributed by atoms with Crippen LogP contribution in [0.4, 0.5) is 13.2 Å². The molecule has 0 amide bonds. The first-order chi connectivity index (χ1) is 5.96. The summed E-state index contributed by atoms with van der Waals surface area (Å²) in [4.78, 5) is 2.93. The molecule has 0 aliphatic heterocycles. The van der Waals surface area contributed by atoms with Gasteiger partial charge < -0.3 is 5.11 Å². The lowest BCUT2D eigenvalue weighted by molar-refractivity contribution is -0.142. The highest BCUT2D eigenvalue weighted by atomic mass is 19.4. The number of hydrogen-bond donors (Lipinski definition) is 1. The number of aromatic nitrogens is 1. The first-order valence-electron chi connectivity index (χ1n) is 3.12. The van der Waals surface area contributed by atoms with Gasteiger partial charge in [-0.1, -0.05) is 0 Å². The molecule has 0 spiro atoms. The van der Waals surface area contributed by atoms with Gasteiger partial charge in [-0.15, -0.1) is 0 Å². The maximum absolute atomic E-state index is 12.0. The molecule has 0 atom stereocenters. The highest BCUT2D eigenvalue weighted by Gasteiger charge is 2.36. The summed E-state index contributed by atoms with van der Waals surface area (Å²) in [5.74, 6) is -1.13. The second kappa shape index (κ2) is 2.94. The number of nitrogens with zero attached hydrogens (tertiary/aromatic N) is 2. The van der Waals surface area contributed by atoms with Gasteiger partial charge in [0.15, 0.2) is 11.4 Å². The molecule has 13 heavy (non-hydrogen) atoms. The third-order valence-corrected chi connectivity index (χ3v) is 1.31. The van der Waals surface area contributed by atoms with E-state index in [1.165, 1.54) is 6.07 Å². The lowest BCUT2D eigenvalue weighted by Crippen LogP contribution is -2.08.